The van der Waals surface area contributed by atoms with E-state index in [0.717, 1.165) is 25.1 Å². The fourth-order valence-electron chi connectivity index (χ4n) is 2.37. The third-order valence-corrected chi connectivity index (χ3v) is 3.61. The molecule has 0 saturated heterocycles. The Kier molecular flexibility index (Phi) is 6.11. The monoisotopic (exact) mass is 316 g/mol. The van der Waals surface area contributed by atoms with Crippen LogP contribution in [-0.4, -0.2) is 31.2 Å². The molecule has 2 N–H and O–H groups in total. The van der Waals surface area contributed by atoms with Gasteiger partial charge in [-0.25, -0.2) is 9.18 Å². The zero-order valence-electron chi connectivity index (χ0n) is 13.1. The van der Waals surface area contributed by atoms with Crippen LogP contribution in [0.15, 0.2) is 48.5 Å². The van der Waals surface area contributed by atoms with E-state index in [-0.39, 0.29) is 5.82 Å². The summed E-state index contributed by atoms with van der Waals surface area (Å²) < 4.78 is 13.6. The molecule has 122 valence electrons. The lowest BCUT2D eigenvalue weighted by Crippen LogP contribution is -2.24. The van der Waals surface area contributed by atoms with Gasteiger partial charge < -0.3 is 15.3 Å². The van der Waals surface area contributed by atoms with Crippen LogP contribution in [-0.2, 0) is 6.54 Å². The van der Waals surface area contributed by atoms with E-state index < -0.39 is 5.97 Å². The van der Waals surface area contributed by atoms with Crippen molar-refractivity contribution in [2.75, 3.05) is 25.0 Å². The van der Waals surface area contributed by atoms with Gasteiger partial charge in [-0.15, -0.1) is 0 Å². The lowest BCUT2D eigenvalue weighted by molar-refractivity contribution is 0.0696. The van der Waals surface area contributed by atoms with Gasteiger partial charge in [0.25, 0.3) is 0 Å². The highest BCUT2D eigenvalue weighted by atomic mass is 19.1. The number of carboxylic acids is 1. The molecule has 0 aliphatic rings. The quantitative estimate of drug-likeness (QED) is 0.735. The molecule has 0 aromatic heterocycles. The van der Waals surface area contributed by atoms with Crippen molar-refractivity contribution in [3.8, 4) is 0 Å². The van der Waals surface area contributed by atoms with Crippen molar-refractivity contribution in [3.63, 3.8) is 0 Å². The first-order chi connectivity index (χ1) is 11.1. The smallest absolute Gasteiger partial charge is 0.335 e. The first-order valence-electron chi connectivity index (χ1n) is 7.56. The number of carbonyl (C=O) groups is 1. The van der Waals surface area contributed by atoms with E-state index in [2.05, 4.69) is 5.32 Å². The van der Waals surface area contributed by atoms with Crippen LogP contribution in [0.3, 0.4) is 0 Å². The number of nitrogens with zero attached hydrogens (tertiary/aromatic N) is 1. The van der Waals surface area contributed by atoms with Gasteiger partial charge in [-0.2, -0.15) is 0 Å². The van der Waals surface area contributed by atoms with E-state index in [0.29, 0.717) is 17.8 Å². The van der Waals surface area contributed by atoms with E-state index >= 15 is 0 Å². The first-order valence-corrected chi connectivity index (χ1v) is 7.56. The number of hydrogen-bond donors (Lipinski definition) is 2. The van der Waals surface area contributed by atoms with Crippen LogP contribution in [0.2, 0.25) is 0 Å². The highest BCUT2D eigenvalue weighted by Crippen LogP contribution is 2.16. The van der Waals surface area contributed by atoms with Gasteiger partial charge in [0.1, 0.15) is 5.82 Å². The molecule has 0 bridgehead atoms. The van der Waals surface area contributed by atoms with Crippen molar-refractivity contribution < 1.29 is 14.3 Å². The Balaban J connectivity index is 1.73. The first kappa shape index (κ1) is 17.0. The lowest BCUT2D eigenvalue weighted by atomic mass is 10.1. The summed E-state index contributed by atoms with van der Waals surface area (Å²) in [5.74, 6) is -1.13. The summed E-state index contributed by atoms with van der Waals surface area (Å²) in [5, 5.41) is 12.2. The summed E-state index contributed by atoms with van der Waals surface area (Å²) in [6, 6.07) is 13.6. The molecule has 0 aliphatic heterocycles. The second-order valence-electron chi connectivity index (χ2n) is 5.41. The van der Waals surface area contributed by atoms with Crippen LogP contribution in [0.1, 0.15) is 22.3 Å². The third kappa shape index (κ3) is 5.07. The van der Waals surface area contributed by atoms with Gasteiger partial charge in [-0.05, 0) is 42.8 Å². The summed E-state index contributed by atoms with van der Waals surface area (Å²) in [7, 11) is 1.87. The van der Waals surface area contributed by atoms with Crippen LogP contribution in [0.25, 0.3) is 0 Å². The van der Waals surface area contributed by atoms with Gasteiger partial charge in [0.05, 0.1) is 11.3 Å². The van der Waals surface area contributed by atoms with Crippen LogP contribution in [0.5, 0.6) is 0 Å². The van der Waals surface area contributed by atoms with Crippen molar-refractivity contribution in [3.05, 3.63) is 65.5 Å². The van der Waals surface area contributed by atoms with E-state index in [1.807, 2.05) is 24.1 Å². The topological polar surface area (TPSA) is 52.6 Å². The van der Waals surface area contributed by atoms with E-state index in [9.17, 15) is 9.18 Å². The lowest BCUT2D eigenvalue weighted by Gasteiger charge is -2.19. The Morgan fingerprint density at radius 1 is 1.22 bits per heavy atom. The SMILES string of the molecule is CN(CCCNCc1cccc(C(=O)O)c1)c1ccccc1F. The zero-order valence-corrected chi connectivity index (χ0v) is 13.1. The largest absolute Gasteiger partial charge is 0.478 e. The van der Waals surface area contributed by atoms with Gasteiger partial charge in [0, 0.05) is 20.1 Å². The Morgan fingerprint density at radius 3 is 2.74 bits per heavy atom. The molecule has 0 atom stereocenters. The van der Waals surface area contributed by atoms with Crippen molar-refractivity contribution in [2.24, 2.45) is 0 Å². The van der Waals surface area contributed by atoms with Crippen LogP contribution in [0.4, 0.5) is 10.1 Å². The number of nitrogens with one attached hydrogen (secondary N) is 1. The van der Waals surface area contributed by atoms with Gasteiger partial charge in [0.2, 0.25) is 0 Å². The number of anilines is 1. The van der Waals surface area contributed by atoms with Crippen molar-refractivity contribution >= 4 is 11.7 Å². The molecule has 0 fully saturated rings. The molecule has 0 aliphatic carbocycles. The Bertz CT molecular complexity index is 661. The number of rotatable bonds is 8. The Labute approximate surface area is 135 Å². The van der Waals surface area contributed by atoms with Gasteiger partial charge in [-0.1, -0.05) is 24.3 Å². The van der Waals surface area contributed by atoms with Crippen LogP contribution in [0, 0.1) is 5.82 Å². The molecule has 0 saturated carbocycles. The molecule has 2 aromatic rings. The number of halogens is 1. The van der Waals surface area contributed by atoms with Crippen molar-refractivity contribution in [1.29, 1.82) is 0 Å². The predicted molar refractivity (Wildman–Crippen MR) is 89.4 cm³/mol. The van der Waals surface area contributed by atoms with Crippen molar-refractivity contribution in [2.45, 2.75) is 13.0 Å². The normalized spacial score (nSPS) is 10.5. The second kappa shape index (κ2) is 8.29. The molecule has 0 spiro atoms. The second-order valence-corrected chi connectivity index (χ2v) is 5.41. The number of para-hydroxylation sites is 1. The van der Waals surface area contributed by atoms with Gasteiger partial charge in [-0.3, -0.25) is 0 Å². The van der Waals surface area contributed by atoms with Crippen LogP contribution >= 0.6 is 0 Å². The number of benzene rings is 2. The molecule has 0 unspecified atom stereocenters. The molecule has 2 aromatic carbocycles. The summed E-state index contributed by atoms with van der Waals surface area (Å²) in [4.78, 5) is 12.8. The Hall–Kier alpha value is -2.40. The molecule has 0 amide bonds. The van der Waals surface area contributed by atoms with E-state index in [1.165, 1.54) is 6.07 Å². The fourth-order valence-corrected chi connectivity index (χ4v) is 2.37. The summed E-state index contributed by atoms with van der Waals surface area (Å²) in [6.07, 6.45) is 0.865. The molecular weight excluding hydrogens is 295 g/mol. The average molecular weight is 316 g/mol. The number of hydrogen-bond acceptors (Lipinski definition) is 3. The predicted octanol–water partition coefficient (Wildman–Crippen LogP) is 3.14. The molecule has 5 heteroatoms. The molecule has 23 heavy (non-hydrogen) atoms. The summed E-state index contributed by atoms with van der Waals surface area (Å²) in [6.45, 7) is 2.13. The maximum absolute atomic E-state index is 13.6. The maximum Gasteiger partial charge on any atom is 0.335 e. The maximum atomic E-state index is 13.6. The minimum atomic E-state index is -0.918. The van der Waals surface area contributed by atoms with E-state index in [1.54, 1.807) is 30.3 Å². The standard InChI is InChI=1S/C18H21FN2O2/c1-21(17-9-3-2-8-16(17)19)11-5-10-20-13-14-6-4-7-15(12-14)18(22)23/h2-4,6-9,12,20H,5,10-11,13H2,1H3,(H,22,23). The zero-order chi connectivity index (χ0) is 16.7. The molecule has 0 heterocycles. The number of carboxylic acid groups (broad SMARTS) is 1. The minimum Gasteiger partial charge on any atom is -0.478 e. The highest BCUT2D eigenvalue weighted by Gasteiger charge is 2.06. The van der Waals surface area contributed by atoms with Crippen LogP contribution < -0.4 is 10.2 Å². The summed E-state index contributed by atoms with van der Waals surface area (Å²) in [5.41, 5.74) is 1.83. The van der Waals surface area contributed by atoms with Gasteiger partial charge >= 0.3 is 5.97 Å². The fraction of sp³-hybridized carbons (Fsp3) is 0.278. The van der Waals surface area contributed by atoms with Gasteiger partial charge in [0.15, 0.2) is 0 Å². The van der Waals surface area contributed by atoms with E-state index in [4.69, 9.17) is 5.11 Å². The minimum absolute atomic E-state index is 0.214. The number of aromatic carboxylic acids is 1. The Morgan fingerprint density at radius 2 is 2.00 bits per heavy atom. The molecule has 0 radical (unpaired) electrons. The highest BCUT2D eigenvalue weighted by molar-refractivity contribution is 5.87. The van der Waals surface area contributed by atoms with Crippen molar-refractivity contribution in [1.82, 2.24) is 5.32 Å². The molecular formula is C18H21FN2O2. The average Bonchev–Trinajstić information content (AvgIpc) is 2.55. The summed E-state index contributed by atoms with van der Waals surface area (Å²) >= 11 is 0. The molecule has 2 rings (SSSR count). The third-order valence-electron chi connectivity index (χ3n) is 3.61. The molecule has 4 nitrogen and oxygen atoms in total.